The normalized spacial score (nSPS) is 18.1. The van der Waals surface area contributed by atoms with E-state index in [0.29, 0.717) is 5.92 Å². The molecule has 2 N–H and O–H groups in total. The van der Waals surface area contributed by atoms with Crippen LogP contribution in [0.2, 0.25) is 0 Å². The maximum Gasteiger partial charge on any atom is 0.0276 e. The van der Waals surface area contributed by atoms with E-state index in [1.54, 1.807) is 0 Å². The van der Waals surface area contributed by atoms with Crippen LogP contribution in [0.3, 0.4) is 0 Å². The van der Waals surface area contributed by atoms with Gasteiger partial charge in [0.2, 0.25) is 0 Å². The summed E-state index contributed by atoms with van der Waals surface area (Å²) >= 11 is 0. The predicted octanol–water partition coefficient (Wildman–Crippen LogP) is 3.49. The maximum absolute atomic E-state index is 5.81. The standard InChI is InChI=1S/C14H13N.C3H8.C2H6/c15-14-6-5-12-7-10-3-1-2-4-11(10)8-13(12)9-14;1-3-2;1-2/h1-4,6-9,12H,5,15H2;3H2,1-2H3;1-2H3. The lowest BCUT2D eigenvalue weighted by Crippen LogP contribution is -2.30. The molecule has 1 heteroatoms. The highest BCUT2D eigenvalue weighted by molar-refractivity contribution is 5.61. The van der Waals surface area contributed by atoms with Gasteiger partial charge in [-0.05, 0) is 28.5 Å². The zero-order valence-corrected chi connectivity index (χ0v) is 13.2. The molecule has 0 heterocycles. The van der Waals surface area contributed by atoms with E-state index in [0.717, 1.165) is 12.1 Å². The van der Waals surface area contributed by atoms with Gasteiger partial charge >= 0.3 is 0 Å². The lowest BCUT2D eigenvalue weighted by atomic mass is 9.86. The van der Waals surface area contributed by atoms with Gasteiger partial charge in [0.05, 0.1) is 0 Å². The average molecular weight is 269 g/mol. The van der Waals surface area contributed by atoms with Crippen LogP contribution in [0.25, 0.3) is 12.2 Å². The molecule has 0 aromatic heterocycles. The van der Waals surface area contributed by atoms with Crippen molar-refractivity contribution in [2.75, 3.05) is 0 Å². The molecule has 1 aromatic rings. The van der Waals surface area contributed by atoms with E-state index >= 15 is 0 Å². The Kier molecular flexibility index (Phi) is 6.86. The molecule has 0 fully saturated rings. The minimum atomic E-state index is 0.521. The lowest BCUT2D eigenvalue weighted by Gasteiger charge is -2.20. The second-order valence-corrected chi connectivity index (χ2v) is 4.84. The zero-order valence-electron chi connectivity index (χ0n) is 13.2. The summed E-state index contributed by atoms with van der Waals surface area (Å²) in [6.45, 7) is 8.25. The summed E-state index contributed by atoms with van der Waals surface area (Å²) in [4.78, 5) is 0. The molecule has 0 bridgehead atoms. The third-order valence-corrected chi connectivity index (χ3v) is 3.07. The van der Waals surface area contributed by atoms with Gasteiger partial charge in [-0.25, -0.2) is 0 Å². The summed E-state index contributed by atoms with van der Waals surface area (Å²) in [5, 5.41) is 2.64. The van der Waals surface area contributed by atoms with E-state index < -0.39 is 0 Å². The van der Waals surface area contributed by atoms with E-state index in [4.69, 9.17) is 5.73 Å². The van der Waals surface area contributed by atoms with Crippen LogP contribution in [-0.2, 0) is 0 Å². The highest BCUT2D eigenvalue weighted by Gasteiger charge is 2.15. The molecule has 0 amide bonds. The summed E-state index contributed by atoms with van der Waals surface area (Å²) in [6, 6.07) is 8.48. The van der Waals surface area contributed by atoms with Crippen LogP contribution in [0.15, 0.2) is 47.7 Å². The minimum Gasteiger partial charge on any atom is -0.399 e. The fraction of sp³-hybridized carbons (Fsp3) is 0.368. The summed E-state index contributed by atoms with van der Waals surface area (Å²) in [7, 11) is 0. The van der Waals surface area contributed by atoms with Crippen LogP contribution in [0.4, 0.5) is 0 Å². The van der Waals surface area contributed by atoms with Crippen LogP contribution < -0.4 is 16.2 Å². The molecule has 1 atom stereocenters. The van der Waals surface area contributed by atoms with Crippen LogP contribution in [0.1, 0.15) is 40.5 Å². The van der Waals surface area contributed by atoms with Gasteiger partial charge in [-0.15, -0.1) is 0 Å². The molecule has 2 aliphatic carbocycles. The molecule has 108 valence electrons. The first-order valence-electron chi connectivity index (χ1n) is 7.70. The number of rotatable bonds is 0. The van der Waals surface area contributed by atoms with Crippen molar-refractivity contribution in [2.45, 2.75) is 40.5 Å². The van der Waals surface area contributed by atoms with Crippen molar-refractivity contribution in [1.29, 1.82) is 0 Å². The molecule has 0 radical (unpaired) electrons. The first-order valence-corrected chi connectivity index (χ1v) is 7.70. The minimum absolute atomic E-state index is 0.521. The number of hydrogen-bond donors (Lipinski definition) is 1. The van der Waals surface area contributed by atoms with Crippen molar-refractivity contribution in [3.63, 3.8) is 0 Å². The predicted molar refractivity (Wildman–Crippen MR) is 90.4 cm³/mol. The summed E-state index contributed by atoms with van der Waals surface area (Å²) in [5.41, 5.74) is 8.05. The van der Waals surface area contributed by atoms with E-state index in [9.17, 15) is 0 Å². The summed E-state index contributed by atoms with van der Waals surface area (Å²) in [5.74, 6) is 0.521. The van der Waals surface area contributed by atoms with E-state index in [-0.39, 0.29) is 0 Å². The monoisotopic (exact) mass is 269 g/mol. The van der Waals surface area contributed by atoms with Crippen molar-refractivity contribution in [2.24, 2.45) is 11.7 Å². The van der Waals surface area contributed by atoms with Crippen molar-refractivity contribution < 1.29 is 0 Å². The number of fused-ring (bicyclic) bond motifs is 2. The van der Waals surface area contributed by atoms with Gasteiger partial charge in [0, 0.05) is 11.6 Å². The summed E-state index contributed by atoms with van der Waals surface area (Å²) < 4.78 is 0. The highest BCUT2D eigenvalue weighted by atomic mass is 14.6. The highest BCUT2D eigenvalue weighted by Crippen LogP contribution is 2.25. The van der Waals surface area contributed by atoms with Gasteiger partial charge in [0.25, 0.3) is 0 Å². The van der Waals surface area contributed by atoms with Gasteiger partial charge in [-0.3, -0.25) is 0 Å². The second-order valence-electron chi connectivity index (χ2n) is 4.84. The Bertz CT molecular complexity index is 590. The van der Waals surface area contributed by atoms with Gasteiger partial charge in [0.1, 0.15) is 0 Å². The molecule has 3 rings (SSSR count). The van der Waals surface area contributed by atoms with Crippen LogP contribution >= 0.6 is 0 Å². The molecule has 2 aliphatic rings. The van der Waals surface area contributed by atoms with Gasteiger partial charge in [-0.2, -0.15) is 0 Å². The maximum atomic E-state index is 5.81. The number of allylic oxidation sites excluding steroid dienone is 3. The Morgan fingerprint density at radius 2 is 1.65 bits per heavy atom. The Hall–Kier alpha value is -1.76. The first-order chi connectivity index (χ1) is 9.74. The van der Waals surface area contributed by atoms with Crippen LogP contribution in [0.5, 0.6) is 0 Å². The number of benzene rings is 1. The Balaban J connectivity index is 0.000000357. The van der Waals surface area contributed by atoms with Crippen LogP contribution in [-0.4, -0.2) is 0 Å². The molecular weight excluding hydrogens is 242 g/mol. The Morgan fingerprint density at radius 1 is 1.05 bits per heavy atom. The molecule has 0 saturated carbocycles. The second kappa shape index (κ2) is 8.42. The lowest BCUT2D eigenvalue weighted by molar-refractivity contribution is 0.818. The van der Waals surface area contributed by atoms with E-state index in [1.165, 1.54) is 22.4 Å². The van der Waals surface area contributed by atoms with Crippen molar-refractivity contribution in [1.82, 2.24) is 0 Å². The molecule has 1 nitrogen and oxygen atoms in total. The van der Waals surface area contributed by atoms with Crippen molar-refractivity contribution in [3.05, 3.63) is 58.1 Å². The SMILES string of the molecule is CC.CCC.NC1=CCC2C=c3ccccc3=CC2=C1. The molecule has 0 spiro atoms. The number of hydrogen-bond acceptors (Lipinski definition) is 1. The first kappa shape index (κ1) is 16.3. The smallest absolute Gasteiger partial charge is 0.0276 e. The van der Waals surface area contributed by atoms with Gasteiger partial charge < -0.3 is 5.73 Å². The largest absolute Gasteiger partial charge is 0.399 e. The summed E-state index contributed by atoms with van der Waals surface area (Å²) in [6.07, 6.45) is 11.1. The number of nitrogens with two attached hydrogens (primary N) is 1. The zero-order chi connectivity index (χ0) is 15.0. The fourth-order valence-corrected chi connectivity index (χ4v) is 2.26. The molecule has 20 heavy (non-hydrogen) atoms. The Labute approximate surface area is 123 Å². The quantitative estimate of drug-likeness (QED) is 0.766. The third-order valence-electron chi connectivity index (χ3n) is 3.07. The van der Waals surface area contributed by atoms with E-state index in [1.807, 2.05) is 13.8 Å². The third kappa shape index (κ3) is 4.12. The molecule has 0 aliphatic heterocycles. The van der Waals surface area contributed by atoms with Gasteiger partial charge in [-0.1, -0.05) is 76.6 Å². The molecular formula is C19H27N. The fourth-order valence-electron chi connectivity index (χ4n) is 2.26. The van der Waals surface area contributed by atoms with E-state index in [2.05, 4.69) is 62.4 Å². The van der Waals surface area contributed by atoms with Gasteiger partial charge in [0.15, 0.2) is 0 Å². The molecule has 1 unspecified atom stereocenters. The van der Waals surface area contributed by atoms with Crippen molar-refractivity contribution in [3.8, 4) is 0 Å². The molecule has 0 saturated heterocycles. The average Bonchev–Trinajstić information content (AvgIpc) is 2.48. The topological polar surface area (TPSA) is 26.0 Å². The van der Waals surface area contributed by atoms with Crippen LogP contribution in [0, 0.1) is 5.92 Å². The van der Waals surface area contributed by atoms with Crippen molar-refractivity contribution >= 4 is 12.2 Å². The molecule has 1 aromatic carbocycles. The Morgan fingerprint density at radius 3 is 2.30 bits per heavy atom.